The number of hydrogen-bond acceptors (Lipinski definition) is 4. The van der Waals surface area contributed by atoms with Crippen molar-refractivity contribution in [3.8, 4) is 0 Å². The molecule has 1 fully saturated rings. The smallest absolute Gasteiger partial charge is 0.378 e. The molecule has 0 bridgehead atoms. The minimum absolute atomic E-state index is 0.0102. The third-order valence-corrected chi connectivity index (χ3v) is 5.79. The lowest BCUT2D eigenvalue weighted by molar-refractivity contribution is -0.438. The highest BCUT2D eigenvalue weighted by Crippen LogP contribution is 2.49. The van der Waals surface area contributed by atoms with E-state index in [9.17, 15) is 43.5 Å². The van der Waals surface area contributed by atoms with Gasteiger partial charge >= 0.3 is 31.4 Å². The van der Waals surface area contributed by atoms with Crippen LogP contribution in [0.25, 0.3) is 0 Å². The summed E-state index contributed by atoms with van der Waals surface area (Å²) in [5.41, 5.74) is 0. The van der Waals surface area contributed by atoms with Gasteiger partial charge < -0.3 is 9.64 Å². The number of amidine groups is 1. The SMILES string of the molecule is CCC(C)/C(=N\S(=O)(=O)C(F)(F)C(F)(F)OC(F)(F)C(F)(F)I)N1CCOCC1. The lowest BCUT2D eigenvalue weighted by atomic mass is 10.1. The molecule has 0 aromatic heterocycles. The fourth-order valence-electron chi connectivity index (χ4n) is 2.04. The van der Waals surface area contributed by atoms with Crippen LogP contribution in [0.5, 0.6) is 0 Å². The number of morpholine rings is 1. The van der Waals surface area contributed by atoms with Crippen LogP contribution in [0, 0.1) is 5.92 Å². The Balaban J connectivity index is 3.35. The third-order valence-electron chi connectivity index (χ3n) is 3.85. The summed E-state index contributed by atoms with van der Waals surface area (Å²) in [4.78, 5) is 1.21. The summed E-state index contributed by atoms with van der Waals surface area (Å²) in [6, 6.07) is 0. The van der Waals surface area contributed by atoms with Crippen LogP contribution in [-0.4, -0.2) is 66.9 Å². The molecule has 0 aromatic carbocycles. The molecule has 1 rings (SSSR count). The Labute approximate surface area is 174 Å². The van der Waals surface area contributed by atoms with Crippen LogP contribution in [0.15, 0.2) is 4.40 Å². The maximum Gasteiger partial charge on any atom is 0.455 e. The monoisotopic (exact) mass is 576 g/mol. The lowest BCUT2D eigenvalue weighted by Gasteiger charge is -2.33. The van der Waals surface area contributed by atoms with E-state index in [0.29, 0.717) is 0 Å². The number of hydrogen-bond donors (Lipinski definition) is 0. The number of nitrogens with zero attached hydrogens (tertiary/aromatic N) is 2. The van der Waals surface area contributed by atoms with E-state index in [1.54, 1.807) is 0 Å². The van der Waals surface area contributed by atoms with Crippen molar-refractivity contribution in [3.63, 3.8) is 0 Å². The molecule has 1 saturated heterocycles. The average Bonchev–Trinajstić information content (AvgIpc) is 2.57. The van der Waals surface area contributed by atoms with Gasteiger partial charge in [0, 0.05) is 41.6 Å². The zero-order chi connectivity index (χ0) is 22.9. The number of rotatable bonds is 8. The molecule has 1 heterocycles. The molecule has 29 heavy (non-hydrogen) atoms. The van der Waals surface area contributed by atoms with E-state index in [0.717, 1.165) is 0 Å². The van der Waals surface area contributed by atoms with Crippen molar-refractivity contribution >= 4 is 38.4 Å². The van der Waals surface area contributed by atoms with E-state index in [-0.39, 0.29) is 55.3 Å². The van der Waals surface area contributed by atoms with Crippen molar-refractivity contribution in [1.29, 1.82) is 0 Å². The largest absolute Gasteiger partial charge is 0.455 e. The molecule has 6 nitrogen and oxygen atoms in total. The molecule has 1 aliphatic rings. The molecule has 0 spiro atoms. The van der Waals surface area contributed by atoms with Gasteiger partial charge in [-0.05, 0) is 6.42 Å². The first-order valence-corrected chi connectivity index (χ1v) is 10.5. The normalized spacial score (nSPS) is 19.4. The summed E-state index contributed by atoms with van der Waals surface area (Å²) >= 11 is -0.311. The Morgan fingerprint density at radius 2 is 1.59 bits per heavy atom. The lowest BCUT2D eigenvalue weighted by Crippen LogP contribution is -2.54. The molecule has 0 N–H and O–H groups in total. The van der Waals surface area contributed by atoms with E-state index >= 15 is 0 Å². The number of ether oxygens (including phenoxy) is 2. The van der Waals surface area contributed by atoms with E-state index in [1.165, 1.54) is 18.7 Å². The van der Waals surface area contributed by atoms with Crippen LogP contribution in [0.1, 0.15) is 20.3 Å². The highest BCUT2D eigenvalue weighted by atomic mass is 127. The Hall–Kier alpha value is -0.490. The zero-order valence-electron chi connectivity index (χ0n) is 15.0. The van der Waals surface area contributed by atoms with Crippen LogP contribution in [0.4, 0.5) is 35.1 Å². The van der Waals surface area contributed by atoms with Crippen molar-refractivity contribution in [2.45, 2.75) is 41.7 Å². The molecule has 172 valence electrons. The number of sulfonamides is 1. The Bertz CT molecular complexity index is 708. The molecule has 0 radical (unpaired) electrons. The van der Waals surface area contributed by atoms with Crippen LogP contribution in [0.3, 0.4) is 0 Å². The quantitative estimate of drug-likeness (QED) is 0.144. The molecule has 0 aromatic rings. The highest BCUT2D eigenvalue weighted by molar-refractivity contribution is 14.1. The van der Waals surface area contributed by atoms with Crippen LogP contribution >= 0.6 is 22.6 Å². The minimum Gasteiger partial charge on any atom is -0.378 e. The first-order chi connectivity index (χ1) is 12.9. The summed E-state index contributed by atoms with van der Waals surface area (Å²) in [6.07, 6.45) is -12.4. The molecule has 1 aliphatic heterocycles. The van der Waals surface area contributed by atoms with Gasteiger partial charge in [-0.3, -0.25) is 0 Å². The maximum atomic E-state index is 14.0. The summed E-state index contributed by atoms with van der Waals surface area (Å²) in [6.45, 7) is 3.07. The van der Waals surface area contributed by atoms with Crippen LogP contribution < -0.4 is 0 Å². The van der Waals surface area contributed by atoms with Gasteiger partial charge in [-0.2, -0.15) is 43.5 Å². The standard InChI is InChI=1S/C13H17F8IN2O4S/c1-3-8(2)9(24-4-6-27-7-5-24)23-29(25,26)13(20,21)12(18,19)28-11(16,17)10(14,15)22/h8H,3-7H2,1-2H3/b23-9+. The molecule has 16 heteroatoms. The fourth-order valence-corrected chi connectivity index (χ4v) is 3.15. The van der Waals surface area contributed by atoms with Gasteiger partial charge in [0.25, 0.3) is 0 Å². The predicted octanol–water partition coefficient (Wildman–Crippen LogP) is 3.92. The van der Waals surface area contributed by atoms with Gasteiger partial charge in [0.2, 0.25) is 0 Å². The summed E-state index contributed by atoms with van der Waals surface area (Å²) in [5, 5.41) is -6.36. The fraction of sp³-hybridized carbons (Fsp3) is 0.923. The number of alkyl halides is 9. The summed E-state index contributed by atoms with van der Waals surface area (Å²) < 4.78 is 135. The minimum atomic E-state index is -6.52. The van der Waals surface area contributed by atoms with Gasteiger partial charge in [0.15, 0.2) is 0 Å². The van der Waals surface area contributed by atoms with Crippen molar-refractivity contribution in [2.75, 3.05) is 26.3 Å². The second kappa shape index (κ2) is 8.94. The van der Waals surface area contributed by atoms with Crippen LogP contribution in [0.2, 0.25) is 0 Å². The number of halogens is 9. The summed E-state index contributed by atoms with van der Waals surface area (Å²) in [7, 11) is -6.52. The van der Waals surface area contributed by atoms with Crippen molar-refractivity contribution in [2.24, 2.45) is 10.3 Å². The van der Waals surface area contributed by atoms with E-state index in [1.807, 2.05) is 0 Å². The molecule has 1 atom stereocenters. The Morgan fingerprint density at radius 3 is 2.00 bits per heavy atom. The third kappa shape index (κ3) is 5.81. The second-order valence-corrected chi connectivity index (χ2v) is 8.98. The van der Waals surface area contributed by atoms with E-state index in [4.69, 9.17) is 4.74 Å². The van der Waals surface area contributed by atoms with Crippen molar-refractivity contribution in [1.82, 2.24) is 4.90 Å². The van der Waals surface area contributed by atoms with Gasteiger partial charge in [0.05, 0.1) is 13.2 Å². The molecule has 1 unspecified atom stereocenters. The first-order valence-electron chi connectivity index (χ1n) is 7.97. The van der Waals surface area contributed by atoms with Gasteiger partial charge in [-0.1, -0.05) is 13.8 Å². The molecular weight excluding hydrogens is 559 g/mol. The second-order valence-electron chi connectivity index (χ2n) is 5.98. The average molecular weight is 576 g/mol. The van der Waals surface area contributed by atoms with Gasteiger partial charge in [-0.25, -0.2) is 4.74 Å². The van der Waals surface area contributed by atoms with Gasteiger partial charge in [0.1, 0.15) is 5.84 Å². The zero-order valence-corrected chi connectivity index (χ0v) is 17.9. The first kappa shape index (κ1) is 26.5. The van der Waals surface area contributed by atoms with E-state index < -0.39 is 43.2 Å². The van der Waals surface area contributed by atoms with Crippen LogP contribution in [-0.2, 0) is 19.5 Å². The molecular formula is C13H17F8IN2O4S. The van der Waals surface area contributed by atoms with Crippen molar-refractivity contribution in [3.05, 3.63) is 0 Å². The molecule has 0 saturated carbocycles. The highest BCUT2D eigenvalue weighted by Gasteiger charge is 2.74. The topological polar surface area (TPSA) is 68.2 Å². The molecule has 0 aliphatic carbocycles. The van der Waals surface area contributed by atoms with E-state index in [2.05, 4.69) is 9.13 Å². The Morgan fingerprint density at radius 1 is 1.10 bits per heavy atom. The molecule has 0 amide bonds. The van der Waals surface area contributed by atoms with Crippen molar-refractivity contribution < 1.29 is 53.0 Å². The Kier molecular flexibility index (Phi) is 8.18. The maximum absolute atomic E-state index is 14.0. The summed E-state index contributed by atoms with van der Waals surface area (Å²) in [5.74, 6) is -1.31. The predicted molar refractivity (Wildman–Crippen MR) is 93.1 cm³/mol. The van der Waals surface area contributed by atoms with Gasteiger partial charge in [-0.15, -0.1) is 4.40 Å².